The van der Waals surface area contributed by atoms with Crippen LogP contribution in [0.5, 0.6) is 0 Å². The summed E-state index contributed by atoms with van der Waals surface area (Å²) in [5.41, 5.74) is 0.682. The zero-order chi connectivity index (χ0) is 13.8. The van der Waals surface area contributed by atoms with E-state index in [0.29, 0.717) is 12.1 Å². The van der Waals surface area contributed by atoms with E-state index in [4.69, 9.17) is 9.15 Å². The van der Waals surface area contributed by atoms with E-state index in [1.165, 1.54) is 18.3 Å². The van der Waals surface area contributed by atoms with Gasteiger partial charge in [-0.05, 0) is 18.2 Å². The molecule has 0 unspecified atom stereocenters. The van der Waals surface area contributed by atoms with Crippen LogP contribution in [0, 0.1) is 0 Å². The molecule has 0 aliphatic carbocycles. The molecule has 6 heteroatoms. The predicted octanol–water partition coefficient (Wildman–Crippen LogP) is 1.22. The van der Waals surface area contributed by atoms with Crippen LogP contribution in [0.2, 0.25) is 0 Å². The number of thioether (sulfide) groups is 1. The van der Waals surface area contributed by atoms with Crippen molar-refractivity contribution in [2.45, 2.75) is 12.0 Å². The molecule has 2 aliphatic heterocycles. The zero-order valence-corrected chi connectivity index (χ0v) is 12.3. The molecule has 5 nitrogen and oxygen atoms in total. The topological polar surface area (TPSA) is 54.7 Å². The van der Waals surface area contributed by atoms with Crippen molar-refractivity contribution in [1.82, 2.24) is 10.2 Å². The first-order chi connectivity index (χ1) is 9.80. The summed E-state index contributed by atoms with van der Waals surface area (Å²) in [4.78, 5) is 14.6. The van der Waals surface area contributed by atoms with Crippen molar-refractivity contribution in [3.05, 3.63) is 24.2 Å². The number of ether oxygens (including phenoxy) is 1. The Labute approximate surface area is 123 Å². The fourth-order valence-corrected chi connectivity index (χ4v) is 4.35. The van der Waals surface area contributed by atoms with Gasteiger partial charge in [-0.2, -0.15) is 11.8 Å². The molecule has 3 rings (SSSR count). The van der Waals surface area contributed by atoms with Gasteiger partial charge in [-0.15, -0.1) is 0 Å². The van der Waals surface area contributed by atoms with E-state index >= 15 is 0 Å². The van der Waals surface area contributed by atoms with Crippen molar-refractivity contribution in [3.8, 4) is 0 Å². The molecule has 2 aliphatic rings. The van der Waals surface area contributed by atoms with Gasteiger partial charge >= 0.3 is 0 Å². The maximum Gasteiger partial charge on any atom is 0.254 e. The van der Waals surface area contributed by atoms with Gasteiger partial charge in [0.05, 0.1) is 25.0 Å². The molecule has 1 aromatic heterocycles. The average Bonchev–Trinajstić information content (AvgIpc) is 3.18. The molecule has 0 bridgehead atoms. The van der Waals surface area contributed by atoms with Gasteiger partial charge in [-0.25, -0.2) is 0 Å². The Hall–Kier alpha value is -0.980. The Balaban J connectivity index is 1.63. The fraction of sp³-hybridized carbons (Fsp3) is 0.643. The number of furan rings is 1. The van der Waals surface area contributed by atoms with Gasteiger partial charge in [0.1, 0.15) is 6.26 Å². The van der Waals surface area contributed by atoms with Crippen LogP contribution in [0.15, 0.2) is 23.0 Å². The van der Waals surface area contributed by atoms with Gasteiger partial charge < -0.3 is 14.5 Å². The molecule has 1 aromatic rings. The molecular weight excluding hydrogens is 276 g/mol. The first-order valence-corrected chi connectivity index (χ1v) is 8.17. The largest absolute Gasteiger partial charge is 0.472 e. The second kappa shape index (κ2) is 6.20. The van der Waals surface area contributed by atoms with Crippen LogP contribution in [-0.4, -0.2) is 60.7 Å². The van der Waals surface area contributed by atoms with E-state index in [1.807, 2.05) is 11.8 Å². The lowest BCUT2D eigenvalue weighted by Gasteiger charge is -2.43. The fourth-order valence-electron chi connectivity index (χ4n) is 2.88. The quantitative estimate of drug-likeness (QED) is 0.905. The number of carbonyl (C=O) groups excluding carboxylic acids is 1. The highest BCUT2D eigenvalue weighted by Crippen LogP contribution is 2.33. The summed E-state index contributed by atoms with van der Waals surface area (Å²) in [5, 5.41) is 3.07. The van der Waals surface area contributed by atoms with E-state index < -0.39 is 0 Å². The minimum atomic E-state index is -0.0525. The Morgan fingerprint density at radius 2 is 2.30 bits per heavy atom. The minimum absolute atomic E-state index is 0.0525. The molecule has 0 spiro atoms. The lowest BCUT2D eigenvalue weighted by atomic mass is 9.95. The SMILES string of the molecule is O=C(NC[C@@]1(N2CCOCC2)CCSC1)c1ccoc1. The second-order valence-corrected chi connectivity index (χ2v) is 6.43. The van der Waals surface area contributed by atoms with Gasteiger partial charge in [0.2, 0.25) is 0 Å². The van der Waals surface area contributed by atoms with Gasteiger partial charge in [-0.3, -0.25) is 9.69 Å². The number of nitrogens with one attached hydrogen (secondary N) is 1. The van der Waals surface area contributed by atoms with Crippen molar-refractivity contribution < 1.29 is 13.9 Å². The van der Waals surface area contributed by atoms with Gasteiger partial charge in [0, 0.05) is 30.9 Å². The van der Waals surface area contributed by atoms with Crippen molar-refractivity contribution in [1.29, 1.82) is 0 Å². The number of hydrogen-bond donors (Lipinski definition) is 1. The highest BCUT2D eigenvalue weighted by Gasteiger charge is 2.40. The Morgan fingerprint density at radius 3 is 2.95 bits per heavy atom. The zero-order valence-electron chi connectivity index (χ0n) is 11.5. The summed E-state index contributed by atoms with van der Waals surface area (Å²) in [6.45, 7) is 4.21. The van der Waals surface area contributed by atoms with Gasteiger partial charge in [0.25, 0.3) is 5.91 Å². The summed E-state index contributed by atoms with van der Waals surface area (Å²) in [5.74, 6) is 2.20. The molecule has 0 saturated carbocycles. The number of carbonyl (C=O) groups is 1. The normalized spacial score (nSPS) is 27.6. The number of morpholine rings is 1. The number of rotatable bonds is 4. The maximum atomic E-state index is 12.1. The first kappa shape index (κ1) is 14.0. The van der Waals surface area contributed by atoms with Gasteiger partial charge in [0.15, 0.2) is 0 Å². The molecule has 2 saturated heterocycles. The monoisotopic (exact) mass is 296 g/mol. The third kappa shape index (κ3) is 2.87. The van der Waals surface area contributed by atoms with E-state index in [9.17, 15) is 4.79 Å². The highest BCUT2D eigenvalue weighted by molar-refractivity contribution is 7.99. The van der Waals surface area contributed by atoms with Crippen LogP contribution in [0.4, 0.5) is 0 Å². The van der Waals surface area contributed by atoms with Crippen LogP contribution >= 0.6 is 11.8 Å². The van der Waals surface area contributed by atoms with Crippen LogP contribution in [0.25, 0.3) is 0 Å². The van der Waals surface area contributed by atoms with Crippen LogP contribution in [0.1, 0.15) is 16.8 Å². The number of hydrogen-bond acceptors (Lipinski definition) is 5. The molecule has 1 atom stereocenters. The highest BCUT2D eigenvalue weighted by atomic mass is 32.2. The average molecular weight is 296 g/mol. The third-order valence-corrected chi connectivity index (χ3v) is 5.36. The summed E-state index contributed by atoms with van der Waals surface area (Å²) in [6.07, 6.45) is 4.14. The standard InChI is InChI=1S/C14H20N2O3S/c17-13(12-1-5-19-9-12)15-10-14(2-8-20-11-14)16-3-6-18-7-4-16/h1,5,9H,2-4,6-8,10-11H2,(H,15,17)/t14-/m0/s1. The summed E-state index contributed by atoms with van der Waals surface area (Å²) >= 11 is 1.97. The van der Waals surface area contributed by atoms with E-state index in [0.717, 1.165) is 38.5 Å². The van der Waals surface area contributed by atoms with Crippen LogP contribution in [0.3, 0.4) is 0 Å². The van der Waals surface area contributed by atoms with Crippen LogP contribution < -0.4 is 5.32 Å². The van der Waals surface area contributed by atoms with Crippen molar-refractivity contribution in [2.24, 2.45) is 0 Å². The first-order valence-electron chi connectivity index (χ1n) is 7.01. The summed E-state index contributed by atoms with van der Waals surface area (Å²) in [6, 6.07) is 1.69. The van der Waals surface area contributed by atoms with E-state index in [-0.39, 0.29) is 11.4 Å². The third-order valence-electron chi connectivity index (χ3n) is 4.13. The van der Waals surface area contributed by atoms with Crippen molar-refractivity contribution >= 4 is 17.7 Å². The molecular formula is C14H20N2O3S. The molecule has 1 amide bonds. The Kier molecular flexibility index (Phi) is 4.33. The van der Waals surface area contributed by atoms with E-state index in [2.05, 4.69) is 10.2 Å². The van der Waals surface area contributed by atoms with E-state index in [1.54, 1.807) is 6.07 Å². The van der Waals surface area contributed by atoms with Crippen molar-refractivity contribution in [2.75, 3.05) is 44.4 Å². The maximum absolute atomic E-state index is 12.1. The number of amides is 1. The molecule has 110 valence electrons. The lowest BCUT2D eigenvalue weighted by Crippen LogP contribution is -2.59. The summed E-state index contributed by atoms with van der Waals surface area (Å²) in [7, 11) is 0. The molecule has 2 fully saturated rings. The molecule has 0 radical (unpaired) electrons. The molecule has 20 heavy (non-hydrogen) atoms. The smallest absolute Gasteiger partial charge is 0.254 e. The van der Waals surface area contributed by atoms with Gasteiger partial charge in [-0.1, -0.05) is 0 Å². The summed E-state index contributed by atoms with van der Waals surface area (Å²) < 4.78 is 10.4. The molecule has 0 aromatic carbocycles. The Morgan fingerprint density at radius 1 is 1.45 bits per heavy atom. The lowest BCUT2D eigenvalue weighted by molar-refractivity contribution is -0.0129. The van der Waals surface area contributed by atoms with Crippen LogP contribution in [-0.2, 0) is 4.74 Å². The minimum Gasteiger partial charge on any atom is -0.472 e. The van der Waals surface area contributed by atoms with Crippen molar-refractivity contribution in [3.63, 3.8) is 0 Å². The second-order valence-electron chi connectivity index (χ2n) is 5.32. The molecule has 1 N–H and O–H groups in total. The number of nitrogens with zero attached hydrogens (tertiary/aromatic N) is 1. The Bertz CT molecular complexity index is 437. The molecule has 3 heterocycles. The predicted molar refractivity (Wildman–Crippen MR) is 78.1 cm³/mol.